The van der Waals surface area contributed by atoms with Crippen LogP contribution in [0.3, 0.4) is 0 Å². The zero-order chi connectivity index (χ0) is 13.6. The van der Waals surface area contributed by atoms with Gasteiger partial charge < -0.3 is 10.0 Å². The number of carboxylic acids is 1. The molecule has 1 aliphatic rings. The zero-order valence-electron chi connectivity index (χ0n) is 9.52. The Morgan fingerprint density at radius 2 is 2.11 bits per heavy atom. The van der Waals surface area contributed by atoms with Gasteiger partial charge in [-0.05, 0) is 16.4 Å². The average Bonchev–Trinajstić information content (AvgIpc) is 2.74. The maximum absolute atomic E-state index is 10.8. The van der Waals surface area contributed by atoms with E-state index in [2.05, 4.69) is 14.9 Å². The summed E-state index contributed by atoms with van der Waals surface area (Å²) in [5.74, 6) is -1.28. The second-order valence-electron chi connectivity index (χ2n) is 4.26. The number of aromatic nitrogens is 2. The van der Waals surface area contributed by atoms with E-state index in [1.807, 2.05) is 0 Å². The van der Waals surface area contributed by atoms with Crippen LogP contribution in [0.1, 0.15) is 0 Å². The van der Waals surface area contributed by atoms with Gasteiger partial charge >= 0.3 is 11.7 Å². The summed E-state index contributed by atoms with van der Waals surface area (Å²) < 4.78 is 4.54. The van der Waals surface area contributed by atoms with Gasteiger partial charge in [0.25, 0.3) is 0 Å². The third-order valence-electron chi connectivity index (χ3n) is 3.14. The molecular formula is C10H8N4O5. The molecule has 2 heterocycles. The highest BCUT2D eigenvalue weighted by molar-refractivity contribution is 5.94. The summed E-state index contributed by atoms with van der Waals surface area (Å²) in [6.45, 7) is 0.685. The number of carbonyl (C=O) groups is 1. The van der Waals surface area contributed by atoms with Crippen molar-refractivity contribution in [1.82, 2.24) is 10.3 Å². The van der Waals surface area contributed by atoms with E-state index in [0.29, 0.717) is 18.8 Å². The molecule has 1 saturated heterocycles. The number of nitro groups is 1. The number of non-ortho nitro benzene ring substituents is 1. The largest absolute Gasteiger partial charge is 0.481 e. The molecule has 19 heavy (non-hydrogen) atoms. The number of benzene rings is 1. The van der Waals surface area contributed by atoms with Crippen molar-refractivity contribution in [3.8, 4) is 0 Å². The maximum Gasteiger partial charge on any atom is 0.310 e. The van der Waals surface area contributed by atoms with Gasteiger partial charge in [-0.3, -0.25) is 14.9 Å². The highest BCUT2D eigenvalue weighted by Gasteiger charge is 2.35. The molecule has 0 amide bonds. The average molecular weight is 264 g/mol. The Morgan fingerprint density at radius 1 is 1.42 bits per heavy atom. The molecule has 1 aromatic heterocycles. The van der Waals surface area contributed by atoms with E-state index in [-0.39, 0.29) is 16.7 Å². The van der Waals surface area contributed by atoms with Gasteiger partial charge in [0, 0.05) is 19.2 Å². The van der Waals surface area contributed by atoms with Crippen LogP contribution in [0.5, 0.6) is 0 Å². The van der Waals surface area contributed by atoms with Crippen LogP contribution in [-0.2, 0) is 4.79 Å². The fraction of sp³-hybridized carbons (Fsp3) is 0.300. The molecule has 0 radical (unpaired) electrons. The fourth-order valence-electron chi connectivity index (χ4n) is 2.07. The van der Waals surface area contributed by atoms with Crippen molar-refractivity contribution < 1.29 is 19.5 Å². The van der Waals surface area contributed by atoms with Crippen LogP contribution in [0.25, 0.3) is 11.0 Å². The van der Waals surface area contributed by atoms with Crippen LogP contribution >= 0.6 is 0 Å². The summed E-state index contributed by atoms with van der Waals surface area (Å²) in [6, 6.07) is 2.85. The molecule has 0 spiro atoms. The summed E-state index contributed by atoms with van der Waals surface area (Å²) in [5, 5.41) is 26.8. The predicted molar refractivity (Wildman–Crippen MR) is 61.8 cm³/mol. The SMILES string of the molecule is O=C(O)C1CN(c2ccc([N+](=O)[O-])c3nonc23)C1. The molecule has 3 rings (SSSR count). The van der Waals surface area contributed by atoms with Crippen molar-refractivity contribution in [3.05, 3.63) is 22.2 Å². The summed E-state index contributed by atoms with van der Waals surface area (Å²) in [4.78, 5) is 22.8. The van der Waals surface area contributed by atoms with Gasteiger partial charge in [0.15, 0.2) is 5.52 Å². The van der Waals surface area contributed by atoms with E-state index in [9.17, 15) is 14.9 Å². The van der Waals surface area contributed by atoms with Gasteiger partial charge in [-0.1, -0.05) is 0 Å². The van der Waals surface area contributed by atoms with Crippen molar-refractivity contribution >= 4 is 28.4 Å². The Labute approximate surface area is 105 Å². The Morgan fingerprint density at radius 3 is 2.74 bits per heavy atom. The van der Waals surface area contributed by atoms with Gasteiger partial charge in [-0.15, -0.1) is 0 Å². The normalized spacial score (nSPS) is 15.5. The Kier molecular flexibility index (Phi) is 2.34. The maximum atomic E-state index is 10.8. The van der Waals surface area contributed by atoms with E-state index in [1.165, 1.54) is 12.1 Å². The van der Waals surface area contributed by atoms with Crippen LogP contribution in [0.4, 0.5) is 11.4 Å². The third-order valence-corrected chi connectivity index (χ3v) is 3.14. The number of nitrogens with zero attached hydrogens (tertiary/aromatic N) is 4. The highest BCUT2D eigenvalue weighted by Crippen LogP contribution is 2.34. The number of rotatable bonds is 3. The number of nitro benzene ring substituents is 1. The van der Waals surface area contributed by atoms with Crippen LogP contribution in [0.2, 0.25) is 0 Å². The van der Waals surface area contributed by atoms with Gasteiger partial charge in [0.2, 0.25) is 5.52 Å². The summed E-state index contributed by atoms with van der Waals surface area (Å²) in [7, 11) is 0. The first-order chi connectivity index (χ1) is 9.08. The molecular weight excluding hydrogens is 256 g/mol. The predicted octanol–water partition coefficient (Wildman–Crippen LogP) is 0.652. The van der Waals surface area contributed by atoms with E-state index in [0.717, 1.165) is 0 Å². The summed E-state index contributed by atoms with van der Waals surface area (Å²) in [5.41, 5.74) is 0.758. The lowest BCUT2D eigenvalue weighted by molar-refractivity contribution is -0.383. The van der Waals surface area contributed by atoms with Crippen molar-refractivity contribution in [2.24, 2.45) is 5.92 Å². The lowest BCUT2D eigenvalue weighted by Crippen LogP contribution is -2.50. The number of carboxylic acid groups (broad SMARTS) is 1. The van der Waals surface area contributed by atoms with Crippen molar-refractivity contribution in [3.63, 3.8) is 0 Å². The lowest BCUT2D eigenvalue weighted by Gasteiger charge is -2.38. The molecule has 1 aliphatic heterocycles. The van der Waals surface area contributed by atoms with Gasteiger partial charge in [0.1, 0.15) is 0 Å². The number of hydrogen-bond acceptors (Lipinski definition) is 7. The number of hydrogen-bond donors (Lipinski definition) is 1. The molecule has 9 heteroatoms. The second-order valence-corrected chi connectivity index (χ2v) is 4.26. The molecule has 0 unspecified atom stereocenters. The lowest BCUT2D eigenvalue weighted by atomic mass is 9.99. The fourth-order valence-corrected chi connectivity index (χ4v) is 2.07. The molecule has 1 fully saturated rings. The van der Waals surface area contributed by atoms with E-state index >= 15 is 0 Å². The molecule has 98 valence electrons. The molecule has 0 atom stereocenters. The number of aliphatic carboxylic acids is 1. The summed E-state index contributed by atoms with van der Waals surface area (Å²) in [6.07, 6.45) is 0. The molecule has 2 aromatic rings. The number of fused-ring (bicyclic) bond motifs is 1. The van der Waals surface area contributed by atoms with Crippen LogP contribution < -0.4 is 4.90 Å². The minimum Gasteiger partial charge on any atom is -0.481 e. The van der Waals surface area contributed by atoms with E-state index in [4.69, 9.17) is 5.11 Å². The van der Waals surface area contributed by atoms with Crippen molar-refractivity contribution in [1.29, 1.82) is 0 Å². The molecule has 0 bridgehead atoms. The van der Waals surface area contributed by atoms with Crippen LogP contribution in [0, 0.1) is 16.0 Å². The standard InChI is InChI=1S/C10H8N4O5/c15-10(16)5-3-13(4-5)6-1-2-7(14(17)18)9-8(6)11-19-12-9/h1-2,5H,3-4H2,(H,15,16). The third kappa shape index (κ3) is 1.66. The number of anilines is 1. The van der Waals surface area contributed by atoms with E-state index in [1.54, 1.807) is 4.90 Å². The minimum absolute atomic E-state index is 0.0706. The van der Waals surface area contributed by atoms with Gasteiger partial charge in [-0.25, -0.2) is 4.63 Å². The second kappa shape index (κ2) is 3.90. The topological polar surface area (TPSA) is 123 Å². The minimum atomic E-state index is -0.854. The molecule has 0 aliphatic carbocycles. The Hall–Kier alpha value is -2.71. The van der Waals surface area contributed by atoms with E-state index < -0.39 is 16.8 Å². The summed E-state index contributed by atoms with van der Waals surface area (Å²) >= 11 is 0. The van der Waals surface area contributed by atoms with Crippen molar-refractivity contribution in [2.45, 2.75) is 0 Å². The Balaban J connectivity index is 1.98. The van der Waals surface area contributed by atoms with Gasteiger partial charge in [0.05, 0.1) is 16.5 Å². The van der Waals surface area contributed by atoms with Gasteiger partial charge in [-0.2, -0.15) is 0 Å². The molecule has 9 nitrogen and oxygen atoms in total. The van der Waals surface area contributed by atoms with Crippen molar-refractivity contribution in [2.75, 3.05) is 18.0 Å². The molecule has 0 saturated carbocycles. The molecule has 1 N–H and O–H groups in total. The first-order valence-corrected chi connectivity index (χ1v) is 5.45. The first-order valence-electron chi connectivity index (χ1n) is 5.45. The first kappa shape index (κ1) is 11.4. The monoisotopic (exact) mass is 264 g/mol. The Bertz CT molecular complexity index is 676. The zero-order valence-corrected chi connectivity index (χ0v) is 9.52. The smallest absolute Gasteiger partial charge is 0.310 e. The van der Waals surface area contributed by atoms with Crippen LogP contribution in [0.15, 0.2) is 16.8 Å². The van der Waals surface area contributed by atoms with Crippen LogP contribution in [-0.4, -0.2) is 39.4 Å². The highest BCUT2D eigenvalue weighted by atomic mass is 16.6. The molecule has 1 aromatic carbocycles. The quantitative estimate of drug-likeness (QED) is 0.633.